The maximum atomic E-state index is 12.5. The van der Waals surface area contributed by atoms with Crippen molar-refractivity contribution in [3.63, 3.8) is 0 Å². The summed E-state index contributed by atoms with van der Waals surface area (Å²) in [7, 11) is -9.44. The van der Waals surface area contributed by atoms with E-state index in [9.17, 15) is 33.9 Å². The van der Waals surface area contributed by atoms with Crippen molar-refractivity contribution in [2.24, 2.45) is 0 Å². The highest BCUT2D eigenvalue weighted by Gasteiger charge is 2.30. The first-order valence-electron chi connectivity index (χ1n) is 4.53. The van der Waals surface area contributed by atoms with E-state index in [1.54, 1.807) is 0 Å². The second-order valence-corrected chi connectivity index (χ2v) is 6.46. The van der Waals surface area contributed by atoms with Crippen LogP contribution >= 0.6 is 0 Å². The summed E-state index contributed by atoms with van der Waals surface area (Å²) in [6, 6.07) is 2.64. The SMILES string of the molecule is O=S(=O)(F)c1ccc(S(=O)(=O)NCC(F)(F)F)cc1. The Hall–Kier alpha value is -1.20. The molecule has 19 heavy (non-hydrogen) atoms. The molecule has 0 heterocycles. The first-order chi connectivity index (χ1) is 8.42. The predicted molar refractivity (Wildman–Crippen MR) is 56.0 cm³/mol. The molecule has 5 nitrogen and oxygen atoms in total. The van der Waals surface area contributed by atoms with E-state index < -0.39 is 42.8 Å². The molecule has 0 radical (unpaired) electrons. The van der Waals surface area contributed by atoms with Crippen molar-refractivity contribution in [1.29, 1.82) is 0 Å². The van der Waals surface area contributed by atoms with Crippen LogP contribution in [-0.4, -0.2) is 29.6 Å². The molecule has 0 fully saturated rings. The molecular formula is C8H7F4NO4S2. The summed E-state index contributed by atoms with van der Waals surface area (Å²) in [6.45, 7) is -1.77. The number of hydrogen-bond donors (Lipinski definition) is 1. The lowest BCUT2D eigenvalue weighted by Crippen LogP contribution is -2.33. The van der Waals surface area contributed by atoms with E-state index in [0.29, 0.717) is 24.3 Å². The Kier molecular flexibility index (Phi) is 4.22. The van der Waals surface area contributed by atoms with Gasteiger partial charge in [-0.1, -0.05) is 0 Å². The summed E-state index contributed by atoms with van der Waals surface area (Å²) in [5.41, 5.74) is 0. The van der Waals surface area contributed by atoms with Crippen LogP contribution < -0.4 is 4.72 Å². The zero-order valence-corrected chi connectivity index (χ0v) is 10.6. The van der Waals surface area contributed by atoms with Crippen molar-refractivity contribution in [2.45, 2.75) is 16.0 Å². The molecule has 0 bridgehead atoms. The summed E-state index contributed by atoms with van der Waals surface area (Å²) in [5, 5.41) is 0. The van der Waals surface area contributed by atoms with Gasteiger partial charge in [0.25, 0.3) is 0 Å². The summed E-state index contributed by atoms with van der Waals surface area (Å²) in [4.78, 5) is -1.40. The van der Waals surface area contributed by atoms with Crippen LogP contribution in [0.3, 0.4) is 0 Å². The van der Waals surface area contributed by atoms with Crippen LogP contribution in [0, 0.1) is 0 Å². The molecule has 0 aliphatic carbocycles. The topological polar surface area (TPSA) is 80.3 Å². The average molecular weight is 321 g/mol. The number of sulfonamides is 1. The molecule has 0 saturated carbocycles. The third-order valence-electron chi connectivity index (χ3n) is 1.88. The number of alkyl halides is 3. The maximum absolute atomic E-state index is 12.5. The van der Waals surface area contributed by atoms with Gasteiger partial charge < -0.3 is 0 Å². The monoisotopic (exact) mass is 321 g/mol. The molecule has 0 saturated heterocycles. The Morgan fingerprint density at radius 1 is 0.947 bits per heavy atom. The number of halogens is 4. The highest BCUT2D eigenvalue weighted by molar-refractivity contribution is 7.89. The molecule has 0 atom stereocenters. The Morgan fingerprint density at radius 2 is 1.37 bits per heavy atom. The third kappa shape index (κ3) is 4.76. The quantitative estimate of drug-likeness (QED) is 0.667. The Morgan fingerprint density at radius 3 is 1.74 bits per heavy atom. The molecule has 1 rings (SSSR count). The van der Waals surface area contributed by atoms with E-state index >= 15 is 0 Å². The molecule has 0 amide bonds. The second kappa shape index (κ2) is 5.06. The van der Waals surface area contributed by atoms with E-state index in [1.165, 1.54) is 4.72 Å². The van der Waals surface area contributed by atoms with Crippen molar-refractivity contribution in [3.8, 4) is 0 Å². The molecule has 108 valence electrons. The number of hydrogen-bond acceptors (Lipinski definition) is 4. The lowest BCUT2D eigenvalue weighted by molar-refractivity contribution is -0.121. The number of nitrogens with one attached hydrogen (secondary N) is 1. The van der Waals surface area contributed by atoms with Crippen LogP contribution in [0.1, 0.15) is 0 Å². The van der Waals surface area contributed by atoms with Gasteiger partial charge in [-0.3, -0.25) is 0 Å². The maximum Gasteiger partial charge on any atom is 0.402 e. The summed E-state index contributed by atoms with van der Waals surface area (Å²) >= 11 is 0. The third-order valence-corrected chi connectivity index (χ3v) is 4.13. The Labute approximate surface area is 106 Å². The van der Waals surface area contributed by atoms with Gasteiger partial charge in [0.15, 0.2) is 0 Å². The molecule has 0 aromatic heterocycles. The molecule has 0 aliphatic rings. The van der Waals surface area contributed by atoms with Crippen molar-refractivity contribution in [2.75, 3.05) is 6.54 Å². The van der Waals surface area contributed by atoms with Crippen molar-refractivity contribution in [3.05, 3.63) is 24.3 Å². The van der Waals surface area contributed by atoms with Gasteiger partial charge in [-0.2, -0.15) is 21.6 Å². The minimum absolute atomic E-state index is 0.607. The minimum atomic E-state index is -5.00. The largest absolute Gasteiger partial charge is 0.402 e. The Bertz CT molecular complexity index is 649. The lowest BCUT2D eigenvalue weighted by Gasteiger charge is -2.09. The first kappa shape index (κ1) is 15.9. The van der Waals surface area contributed by atoms with Gasteiger partial charge in [-0.25, -0.2) is 13.1 Å². The zero-order chi connectivity index (χ0) is 14.9. The standard InChI is InChI=1S/C8H7F4NO4S2/c9-8(10,11)5-13-19(16,17)7-3-1-6(2-4-7)18(12,14)15/h1-4,13H,5H2. The van der Waals surface area contributed by atoms with Crippen LogP contribution in [0.2, 0.25) is 0 Å². The van der Waals surface area contributed by atoms with E-state index in [0.717, 1.165) is 0 Å². The molecule has 0 aliphatic heterocycles. The minimum Gasteiger partial charge on any atom is -0.207 e. The fraction of sp³-hybridized carbons (Fsp3) is 0.250. The molecule has 11 heteroatoms. The first-order valence-corrected chi connectivity index (χ1v) is 7.40. The van der Waals surface area contributed by atoms with Crippen molar-refractivity contribution >= 4 is 20.2 Å². The summed E-state index contributed by atoms with van der Waals surface area (Å²) in [6.07, 6.45) is -4.73. The molecule has 0 spiro atoms. The smallest absolute Gasteiger partial charge is 0.207 e. The fourth-order valence-corrected chi connectivity index (χ4v) is 2.52. The van der Waals surface area contributed by atoms with Gasteiger partial charge in [0.2, 0.25) is 10.0 Å². The van der Waals surface area contributed by atoms with Crippen molar-refractivity contribution < 1.29 is 33.9 Å². The van der Waals surface area contributed by atoms with E-state index in [-0.39, 0.29) is 0 Å². The van der Waals surface area contributed by atoms with Crippen LogP contribution in [0.15, 0.2) is 34.1 Å². The van der Waals surface area contributed by atoms with E-state index in [4.69, 9.17) is 0 Å². The summed E-state index contributed by atoms with van der Waals surface area (Å²) in [5.74, 6) is 0. The van der Waals surface area contributed by atoms with E-state index in [1.807, 2.05) is 0 Å². The fourth-order valence-electron chi connectivity index (χ4n) is 1.04. The van der Waals surface area contributed by atoms with Gasteiger partial charge >= 0.3 is 16.4 Å². The number of benzene rings is 1. The van der Waals surface area contributed by atoms with E-state index in [2.05, 4.69) is 0 Å². The van der Waals surface area contributed by atoms with Gasteiger partial charge in [-0.05, 0) is 24.3 Å². The highest BCUT2D eigenvalue weighted by Crippen LogP contribution is 2.18. The van der Waals surface area contributed by atoms with Gasteiger partial charge in [0.05, 0.1) is 9.79 Å². The predicted octanol–water partition coefficient (Wildman–Crippen LogP) is 1.19. The zero-order valence-electron chi connectivity index (χ0n) is 8.98. The molecule has 1 N–H and O–H groups in total. The average Bonchev–Trinajstić information content (AvgIpc) is 2.25. The van der Waals surface area contributed by atoms with Gasteiger partial charge in [0.1, 0.15) is 6.54 Å². The summed E-state index contributed by atoms with van der Waals surface area (Å²) < 4.78 is 93.1. The lowest BCUT2D eigenvalue weighted by atomic mass is 10.4. The normalized spacial score (nSPS) is 13.5. The van der Waals surface area contributed by atoms with Crippen LogP contribution in [-0.2, 0) is 20.2 Å². The molecule has 1 aromatic rings. The molecule has 1 aromatic carbocycles. The van der Waals surface area contributed by atoms with Crippen LogP contribution in [0.4, 0.5) is 17.1 Å². The van der Waals surface area contributed by atoms with Gasteiger partial charge in [-0.15, -0.1) is 3.89 Å². The number of rotatable bonds is 4. The second-order valence-electron chi connectivity index (χ2n) is 3.35. The van der Waals surface area contributed by atoms with Crippen molar-refractivity contribution in [1.82, 2.24) is 4.72 Å². The Balaban J connectivity index is 2.98. The highest BCUT2D eigenvalue weighted by atomic mass is 32.3. The molecular weight excluding hydrogens is 314 g/mol. The van der Waals surface area contributed by atoms with Crippen LogP contribution in [0.5, 0.6) is 0 Å². The van der Waals surface area contributed by atoms with Crippen LogP contribution in [0.25, 0.3) is 0 Å². The molecule has 0 unspecified atom stereocenters. The van der Waals surface area contributed by atoms with Gasteiger partial charge in [0, 0.05) is 0 Å².